The van der Waals surface area contributed by atoms with E-state index >= 15 is 0 Å². The summed E-state index contributed by atoms with van der Waals surface area (Å²) in [6.07, 6.45) is 1.75. The lowest BCUT2D eigenvalue weighted by Crippen LogP contribution is -2.49. The van der Waals surface area contributed by atoms with E-state index in [1.807, 2.05) is 6.92 Å². The van der Waals surface area contributed by atoms with Crippen LogP contribution in [-0.4, -0.2) is 18.0 Å². The van der Waals surface area contributed by atoms with Crippen LogP contribution in [0.1, 0.15) is 54.4 Å². The summed E-state index contributed by atoms with van der Waals surface area (Å²) in [5.74, 6) is 0.0264. The van der Waals surface area contributed by atoms with Gasteiger partial charge in [-0.2, -0.15) is 0 Å². The number of hydrogen-bond acceptors (Lipinski definition) is 2. The Morgan fingerprint density at radius 1 is 1.25 bits per heavy atom. The number of nitrogens with one attached hydrogen (secondary N) is 1. The van der Waals surface area contributed by atoms with Gasteiger partial charge in [-0.25, -0.2) is 0 Å². The van der Waals surface area contributed by atoms with E-state index in [2.05, 4.69) is 39.9 Å². The molecular weight excluding hydrogens is 200 g/mol. The van der Waals surface area contributed by atoms with Gasteiger partial charge in [0.05, 0.1) is 0 Å². The topological polar surface area (TPSA) is 55.1 Å². The number of rotatable bonds is 5. The zero-order valence-corrected chi connectivity index (χ0v) is 11.7. The minimum Gasteiger partial charge on any atom is -0.351 e. The third kappa shape index (κ3) is 6.11. The maximum atomic E-state index is 11.9. The van der Waals surface area contributed by atoms with Crippen molar-refractivity contribution in [2.24, 2.45) is 17.1 Å². The standard InChI is InChI=1S/C13H28N2O/c1-7-10(8-14)11(16)15-13(5,6)9-12(2,3)4/h10H,7-9,14H2,1-6H3,(H,15,16). The summed E-state index contributed by atoms with van der Waals surface area (Å²) in [4.78, 5) is 11.9. The van der Waals surface area contributed by atoms with Crippen molar-refractivity contribution in [3.63, 3.8) is 0 Å². The van der Waals surface area contributed by atoms with E-state index in [0.29, 0.717) is 6.54 Å². The largest absolute Gasteiger partial charge is 0.351 e. The molecule has 0 aromatic carbocycles. The average Bonchev–Trinajstić information content (AvgIpc) is 1.99. The molecule has 3 heteroatoms. The molecule has 1 atom stereocenters. The Morgan fingerprint density at radius 3 is 2.06 bits per heavy atom. The van der Waals surface area contributed by atoms with E-state index in [1.54, 1.807) is 0 Å². The van der Waals surface area contributed by atoms with Gasteiger partial charge < -0.3 is 11.1 Å². The predicted octanol–water partition coefficient (Wildman–Crippen LogP) is 2.30. The maximum Gasteiger partial charge on any atom is 0.224 e. The first-order chi connectivity index (χ1) is 7.11. The molecule has 0 aromatic rings. The van der Waals surface area contributed by atoms with Gasteiger partial charge in [-0.1, -0.05) is 27.7 Å². The van der Waals surface area contributed by atoms with Crippen LogP contribution in [-0.2, 0) is 4.79 Å². The first-order valence-corrected chi connectivity index (χ1v) is 6.13. The molecule has 0 heterocycles. The Kier molecular flexibility index (Phi) is 5.47. The molecule has 3 N–H and O–H groups in total. The number of amides is 1. The fourth-order valence-corrected chi connectivity index (χ4v) is 2.26. The van der Waals surface area contributed by atoms with Crippen LogP contribution in [0.25, 0.3) is 0 Å². The molecule has 0 bridgehead atoms. The first kappa shape index (κ1) is 15.4. The molecule has 16 heavy (non-hydrogen) atoms. The molecule has 0 aliphatic rings. The summed E-state index contributed by atoms with van der Waals surface area (Å²) in [7, 11) is 0. The van der Waals surface area contributed by atoms with E-state index in [-0.39, 0.29) is 22.8 Å². The molecule has 0 spiro atoms. The summed E-state index contributed by atoms with van der Waals surface area (Å²) in [6, 6.07) is 0. The van der Waals surface area contributed by atoms with Crippen molar-refractivity contribution in [3.05, 3.63) is 0 Å². The molecule has 0 aliphatic carbocycles. The minimum absolute atomic E-state index is 0.0563. The molecule has 1 amide bonds. The van der Waals surface area contributed by atoms with Gasteiger partial charge in [0, 0.05) is 18.0 Å². The Morgan fingerprint density at radius 2 is 1.75 bits per heavy atom. The number of nitrogens with two attached hydrogens (primary N) is 1. The summed E-state index contributed by atoms with van der Waals surface area (Å²) in [6.45, 7) is 13.1. The van der Waals surface area contributed by atoms with Gasteiger partial charge in [-0.15, -0.1) is 0 Å². The molecule has 0 aliphatic heterocycles. The molecule has 3 nitrogen and oxygen atoms in total. The Bertz CT molecular complexity index is 225. The summed E-state index contributed by atoms with van der Waals surface area (Å²) in [5, 5.41) is 3.10. The van der Waals surface area contributed by atoms with E-state index in [1.165, 1.54) is 0 Å². The zero-order chi connectivity index (χ0) is 13.0. The number of hydrogen-bond donors (Lipinski definition) is 2. The Labute approximate surface area is 100 Å². The van der Waals surface area contributed by atoms with Gasteiger partial charge in [-0.3, -0.25) is 4.79 Å². The van der Waals surface area contributed by atoms with Crippen molar-refractivity contribution in [2.45, 2.75) is 59.9 Å². The molecule has 0 saturated heterocycles. The van der Waals surface area contributed by atoms with Gasteiger partial charge in [-0.05, 0) is 32.1 Å². The fourth-order valence-electron chi connectivity index (χ4n) is 2.26. The van der Waals surface area contributed by atoms with Gasteiger partial charge in [0.25, 0.3) is 0 Å². The average molecular weight is 228 g/mol. The summed E-state index contributed by atoms with van der Waals surface area (Å²) < 4.78 is 0. The van der Waals surface area contributed by atoms with E-state index in [4.69, 9.17) is 5.73 Å². The van der Waals surface area contributed by atoms with Crippen LogP contribution < -0.4 is 11.1 Å². The van der Waals surface area contributed by atoms with E-state index in [9.17, 15) is 4.79 Å². The van der Waals surface area contributed by atoms with Crippen molar-refractivity contribution < 1.29 is 4.79 Å². The third-order valence-corrected chi connectivity index (χ3v) is 2.58. The second kappa shape index (κ2) is 5.67. The van der Waals surface area contributed by atoms with Gasteiger partial charge in [0.15, 0.2) is 0 Å². The van der Waals surface area contributed by atoms with Crippen molar-refractivity contribution in [2.75, 3.05) is 6.54 Å². The second-order valence-electron chi connectivity index (χ2n) is 6.45. The quantitative estimate of drug-likeness (QED) is 0.758. The van der Waals surface area contributed by atoms with Crippen LogP contribution in [0.15, 0.2) is 0 Å². The molecule has 0 rings (SSSR count). The number of carbonyl (C=O) groups excluding carboxylic acids is 1. The highest BCUT2D eigenvalue weighted by Crippen LogP contribution is 2.27. The third-order valence-electron chi connectivity index (χ3n) is 2.58. The molecule has 1 unspecified atom stereocenters. The SMILES string of the molecule is CCC(CN)C(=O)NC(C)(C)CC(C)(C)C. The van der Waals surface area contributed by atoms with Crippen molar-refractivity contribution in [3.8, 4) is 0 Å². The lowest BCUT2D eigenvalue weighted by atomic mass is 9.81. The highest BCUT2D eigenvalue weighted by molar-refractivity contribution is 5.79. The molecule has 0 fully saturated rings. The normalized spacial score (nSPS) is 14.7. The fraction of sp³-hybridized carbons (Fsp3) is 0.923. The molecule has 0 radical (unpaired) electrons. The van der Waals surface area contributed by atoms with Gasteiger partial charge in [0.1, 0.15) is 0 Å². The summed E-state index contributed by atoms with van der Waals surface area (Å²) in [5.41, 5.74) is 5.61. The van der Waals surface area contributed by atoms with E-state index < -0.39 is 0 Å². The van der Waals surface area contributed by atoms with E-state index in [0.717, 1.165) is 12.8 Å². The molecule has 96 valence electrons. The smallest absolute Gasteiger partial charge is 0.224 e. The lowest BCUT2D eigenvalue weighted by molar-refractivity contribution is -0.126. The number of carbonyl (C=O) groups is 1. The van der Waals surface area contributed by atoms with Crippen molar-refractivity contribution >= 4 is 5.91 Å². The molecule has 0 saturated carbocycles. The maximum absolute atomic E-state index is 11.9. The monoisotopic (exact) mass is 228 g/mol. The highest BCUT2D eigenvalue weighted by Gasteiger charge is 2.28. The Balaban J connectivity index is 4.41. The second-order valence-corrected chi connectivity index (χ2v) is 6.45. The van der Waals surface area contributed by atoms with Crippen LogP contribution in [0.3, 0.4) is 0 Å². The first-order valence-electron chi connectivity index (χ1n) is 6.13. The highest BCUT2D eigenvalue weighted by atomic mass is 16.2. The molecular formula is C13H28N2O. The van der Waals surface area contributed by atoms with Crippen LogP contribution in [0.2, 0.25) is 0 Å². The predicted molar refractivity (Wildman–Crippen MR) is 69.1 cm³/mol. The van der Waals surface area contributed by atoms with Crippen LogP contribution in [0.4, 0.5) is 0 Å². The van der Waals surface area contributed by atoms with Gasteiger partial charge in [0.2, 0.25) is 5.91 Å². The van der Waals surface area contributed by atoms with Crippen LogP contribution >= 0.6 is 0 Å². The lowest BCUT2D eigenvalue weighted by Gasteiger charge is -2.34. The summed E-state index contributed by atoms with van der Waals surface area (Å²) >= 11 is 0. The zero-order valence-electron chi connectivity index (χ0n) is 11.7. The van der Waals surface area contributed by atoms with Crippen LogP contribution in [0, 0.1) is 11.3 Å². The molecule has 0 aromatic heterocycles. The van der Waals surface area contributed by atoms with Gasteiger partial charge >= 0.3 is 0 Å². The van der Waals surface area contributed by atoms with Crippen molar-refractivity contribution in [1.29, 1.82) is 0 Å². The minimum atomic E-state index is -0.169. The Hall–Kier alpha value is -0.570. The van der Waals surface area contributed by atoms with Crippen molar-refractivity contribution in [1.82, 2.24) is 5.32 Å². The van der Waals surface area contributed by atoms with Crippen LogP contribution in [0.5, 0.6) is 0 Å².